The zero-order valence-electron chi connectivity index (χ0n) is 33.2. The Kier molecular flexibility index (Phi) is 39.5. The molecule has 0 saturated carbocycles. The molecule has 0 amide bonds. The lowest BCUT2D eigenvalue weighted by atomic mass is 10.1. The number of hydrogen-bond donors (Lipinski definition) is 0. The summed E-state index contributed by atoms with van der Waals surface area (Å²) in [6, 6.07) is 0. The van der Waals surface area contributed by atoms with Gasteiger partial charge in [0.2, 0.25) is 0 Å². The van der Waals surface area contributed by atoms with E-state index in [1.807, 2.05) is 0 Å². The van der Waals surface area contributed by atoms with E-state index in [9.17, 15) is 9.59 Å². The molecule has 0 bridgehead atoms. The first-order valence-electron chi connectivity index (χ1n) is 21.2. The molecule has 0 aromatic carbocycles. The topological polar surface area (TPSA) is 61.8 Å². The normalized spacial score (nSPS) is 12.6. The minimum Gasteiger partial charge on any atom is -0.462 e. The predicted molar refractivity (Wildman–Crippen MR) is 215 cm³/mol. The number of allylic oxidation sites excluding steroid dienone is 8. The summed E-state index contributed by atoms with van der Waals surface area (Å²) < 4.78 is 17.1. The van der Waals surface area contributed by atoms with Crippen LogP contribution >= 0.6 is 0 Å². The molecule has 0 heterocycles. The van der Waals surface area contributed by atoms with Crippen LogP contribution < -0.4 is 0 Å². The van der Waals surface area contributed by atoms with Gasteiger partial charge in [-0.1, -0.05) is 159 Å². The van der Waals surface area contributed by atoms with Crippen LogP contribution in [0.25, 0.3) is 0 Å². The third kappa shape index (κ3) is 38.7. The van der Waals surface area contributed by atoms with Gasteiger partial charge in [0, 0.05) is 19.4 Å². The molecular weight excluding hydrogens is 620 g/mol. The second-order valence-corrected chi connectivity index (χ2v) is 13.9. The highest BCUT2D eigenvalue weighted by Crippen LogP contribution is 2.12. The lowest BCUT2D eigenvalue weighted by molar-refractivity contribution is -0.163. The lowest BCUT2D eigenvalue weighted by Gasteiger charge is -2.18. The summed E-state index contributed by atoms with van der Waals surface area (Å²) >= 11 is 0. The molecule has 0 radical (unpaired) electrons. The molecule has 0 aromatic heterocycles. The summed E-state index contributed by atoms with van der Waals surface area (Å²) in [5.74, 6) is -0.432. The van der Waals surface area contributed by atoms with Crippen molar-refractivity contribution in [1.29, 1.82) is 0 Å². The van der Waals surface area contributed by atoms with Crippen molar-refractivity contribution >= 4 is 11.9 Å². The average Bonchev–Trinajstić information content (AvgIpc) is 3.11. The summed E-state index contributed by atoms with van der Waals surface area (Å²) in [6.07, 6.45) is 48.4. The molecule has 290 valence electrons. The third-order valence-electron chi connectivity index (χ3n) is 8.82. The Labute approximate surface area is 310 Å². The van der Waals surface area contributed by atoms with E-state index in [0.29, 0.717) is 19.4 Å². The number of rotatable bonds is 38. The monoisotopic (exact) mass is 701 g/mol. The first-order chi connectivity index (χ1) is 24.6. The number of unbranched alkanes of at least 4 members (excludes halogenated alkanes) is 19. The zero-order chi connectivity index (χ0) is 36.4. The summed E-state index contributed by atoms with van der Waals surface area (Å²) in [6.45, 7) is 7.63. The minimum absolute atomic E-state index is 0.0736. The molecule has 0 N–H and O–H groups in total. The number of carbonyl (C=O) groups is 2. The van der Waals surface area contributed by atoms with Crippen LogP contribution in [0.15, 0.2) is 48.6 Å². The molecule has 50 heavy (non-hydrogen) atoms. The first kappa shape index (κ1) is 47.9. The summed E-state index contributed by atoms with van der Waals surface area (Å²) in [4.78, 5) is 24.9. The third-order valence-corrected chi connectivity index (χ3v) is 8.82. The van der Waals surface area contributed by atoms with Crippen LogP contribution in [-0.4, -0.2) is 37.9 Å². The minimum atomic E-state index is -0.540. The Morgan fingerprint density at radius 3 is 1.44 bits per heavy atom. The van der Waals surface area contributed by atoms with Crippen molar-refractivity contribution in [1.82, 2.24) is 0 Å². The van der Waals surface area contributed by atoms with Gasteiger partial charge in [0.25, 0.3) is 0 Å². The molecule has 0 fully saturated rings. The number of carbonyl (C=O) groups excluding carboxylic acids is 2. The fourth-order valence-electron chi connectivity index (χ4n) is 5.63. The van der Waals surface area contributed by atoms with Crippen LogP contribution in [0.3, 0.4) is 0 Å². The molecular formula is C45H80O5. The molecule has 0 saturated heterocycles. The fraction of sp³-hybridized carbons (Fsp3) is 0.778. The Bertz CT molecular complexity index is 842. The predicted octanol–water partition coefficient (Wildman–Crippen LogP) is 13.7. The highest BCUT2D eigenvalue weighted by molar-refractivity contribution is 5.70. The molecule has 1 unspecified atom stereocenters. The molecule has 1 atom stereocenters. The zero-order valence-corrected chi connectivity index (χ0v) is 33.2. The Hall–Kier alpha value is -2.14. The molecule has 5 nitrogen and oxygen atoms in total. The van der Waals surface area contributed by atoms with Crippen molar-refractivity contribution in [2.24, 2.45) is 0 Å². The van der Waals surface area contributed by atoms with Gasteiger partial charge < -0.3 is 14.2 Å². The molecule has 5 heteroatoms. The average molecular weight is 701 g/mol. The van der Waals surface area contributed by atoms with E-state index in [-0.39, 0.29) is 25.2 Å². The van der Waals surface area contributed by atoms with Crippen LogP contribution in [0, 0.1) is 0 Å². The molecule has 0 aliphatic rings. The van der Waals surface area contributed by atoms with Gasteiger partial charge in [-0.15, -0.1) is 0 Å². The second-order valence-electron chi connectivity index (χ2n) is 13.9. The van der Waals surface area contributed by atoms with Gasteiger partial charge in [0.1, 0.15) is 6.61 Å². The van der Waals surface area contributed by atoms with E-state index in [2.05, 4.69) is 69.4 Å². The Balaban J connectivity index is 4.13. The van der Waals surface area contributed by atoms with Crippen molar-refractivity contribution < 1.29 is 23.8 Å². The highest BCUT2D eigenvalue weighted by Gasteiger charge is 2.17. The molecule has 0 rings (SSSR count). The second kappa shape index (κ2) is 41.3. The van der Waals surface area contributed by atoms with Gasteiger partial charge in [-0.2, -0.15) is 0 Å². The molecule has 0 spiro atoms. The van der Waals surface area contributed by atoms with Crippen LogP contribution in [0.5, 0.6) is 0 Å². The maximum absolute atomic E-state index is 12.5. The fourth-order valence-corrected chi connectivity index (χ4v) is 5.63. The van der Waals surface area contributed by atoms with E-state index >= 15 is 0 Å². The standard InChI is InChI=1S/C45H80O5/c1-4-7-10-13-15-17-19-21-23-24-26-28-30-33-35-38-44(46)49-42-43(50-45(47)39-36-32-12-9-6-3)41-48-40-37-34-31-29-27-25-22-20-18-16-14-11-8-5-2/h11,14-15,17-18,20-21,23,43H,4-10,12-13,16,19,22,24-42H2,1-3H3/b14-11-,17-15-,20-18-,23-21-. The number of esters is 2. The molecule has 0 aliphatic carbocycles. The quantitative estimate of drug-likeness (QED) is 0.0364. The summed E-state index contributed by atoms with van der Waals surface area (Å²) in [5.41, 5.74) is 0. The SMILES string of the molecule is CCC/C=C\C/C=C\CCCCCCCCOCC(COC(=O)CCCCCCC/C=C\C/C=C\CCCCC)OC(=O)CCCCCCC. The smallest absolute Gasteiger partial charge is 0.306 e. The molecule has 0 aromatic rings. The summed E-state index contributed by atoms with van der Waals surface area (Å²) in [7, 11) is 0. The van der Waals surface area contributed by atoms with Gasteiger partial charge in [-0.25, -0.2) is 0 Å². The first-order valence-corrected chi connectivity index (χ1v) is 21.2. The van der Waals surface area contributed by atoms with E-state index in [0.717, 1.165) is 70.6 Å². The summed E-state index contributed by atoms with van der Waals surface area (Å²) in [5, 5.41) is 0. The van der Waals surface area contributed by atoms with Crippen molar-refractivity contribution in [3.05, 3.63) is 48.6 Å². The van der Waals surface area contributed by atoms with Crippen LogP contribution in [0.4, 0.5) is 0 Å². The van der Waals surface area contributed by atoms with Crippen LogP contribution in [0.2, 0.25) is 0 Å². The maximum Gasteiger partial charge on any atom is 0.306 e. The van der Waals surface area contributed by atoms with Gasteiger partial charge >= 0.3 is 11.9 Å². The van der Waals surface area contributed by atoms with E-state index < -0.39 is 6.10 Å². The van der Waals surface area contributed by atoms with Crippen molar-refractivity contribution in [2.45, 2.75) is 207 Å². The maximum atomic E-state index is 12.5. The van der Waals surface area contributed by atoms with Crippen molar-refractivity contribution in [3.8, 4) is 0 Å². The largest absolute Gasteiger partial charge is 0.462 e. The molecule has 0 aliphatic heterocycles. The number of ether oxygens (including phenoxy) is 3. The Morgan fingerprint density at radius 2 is 0.880 bits per heavy atom. The van der Waals surface area contributed by atoms with Gasteiger partial charge in [0.15, 0.2) is 6.10 Å². The van der Waals surface area contributed by atoms with Crippen molar-refractivity contribution in [3.63, 3.8) is 0 Å². The van der Waals surface area contributed by atoms with E-state index in [1.165, 1.54) is 96.3 Å². The van der Waals surface area contributed by atoms with Crippen molar-refractivity contribution in [2.75, 3.05) is 19.8 Å². The van der Waals surface area contributed by atoms with E-state index in [1.54, 1.807) is 0 Å². The van der Waals surface area contributed by atoms with Gasteiger partial charge in [-0.05, 0) is 77.0 Å². The highest BCUT2D eigenvalue weighted by atomic mass is 16.6. The lowest BCUT2D eigenvalue weighted by Crippen LogP contribution is -2.30. The number of hydrogen-bond acceptors (Lipinski definition) is 5. The van der Waals surface area contributed by atoms with Gasteiger partial charge in [0.05, 0.1) is 6.61 Å². The van der Waals surface area contributed by atoms with E-state index in [4.69, 9.17) is 14.2 Å². The van der Waals surface area contributed by atoms with Gasteiger partial charge in [-0.3, -0.25) is 9.59 Å². The van der Waals surface area contributed by atoms with Crippen LogP contribution in [-0.2, 0) is 23.8 Å². The Morgan fingerprint density at radius 1 is 0.440 bits per heavy atom. The van der Waals surface area contributed by atoms with Crippen LogP contribution in [0.1, 0.15) is 201 Å².